The molecule has 3 heteroatoms. The highest BCUT2D eigenvalue weighted by Gasteiger charge is 2.32. The lowest BCUT2D eigenvalue weighted by molar-refractivity contribution is 0.0299. The summed E-state index contributed by atoms with van der Waals surface area (Å²) >= 11 is 0. The second kappa shape index (κ2) is 4.40. The van der Waals surface area contributed by atoms with Gasteiger partial charge < -0.3 is 15.4 Å². The van der Waals surface area contributed by atoms with Crippen LogP contribution < -0.4 is 5.73 Å². The lowest BCUT2D eigenvalue weighted by Gasteiger charge is -2.22. The Bertz CT molecular complexity index is 218. The highest BCUT2D eigenvalue weighted by molar-refractivity contribution is 4.85. The maximum atomic E-state index is 5.87. The molecular formula is C12H24N2O. The second-order valence-electron chi connectivity index (χ2n) is 5.84. The molecule has 0 radical (unpaired) electrons. The number of nitrogens with zero attached hydrogens (tertiary/aromatic N) is 1. The predicted molar refractivity (Wildman–Crippen MR) is 61.8 cm³/mol. The lowest BCUT2D eigenvalue weighted by Crippen LogP contribution is -2.32. The summed E-state index contributed by atoms with van der Waals surface area (Å²) in [5.74, 6) is 0. The van der Waals surface area contributed by atoms with Crippen LogP contribution in [0.5, 0.6) is 0 Å². The van der Waals surface area contributed by atoms with E-state index in [0.717, 1.165) is 13.0 Å². The van der Waals surface area contributed by atoms with E-state index in [1.165, 1.54) is 25.9 Å². The van der Waals surface area contributed by atoms with Crippen LogP contribution in [0.3, 0.4) is 0 Å². The minimum absolute atomic E-state index is 0.325. The average molecular weight is 212 g/mol. The molecule has 0 aliphatic carbocycles. The van der Waals surface area contributed by atoms with Gasteiger partial charge in [0.1, 0.15) is 0 Å². The van der Waals surface area contributed by atoms with Crippen molar-refractivity contribution in [3.05, 3.63) is 0 Å². The molecular weight excluding hydrogens is 188 g/mol. The van der Waals surface area contributed by atoms with E-state index in [-0.39, 0.29) is 0 Å². The fourth-order valence-corrected chi connectivity index (χ4v) is 2.76. The van der Waals surface area contributed by atoms with Crippen LogP contribution in [-0.4, -0.2) is 43.3 Å². The van der Waals surface area contributed by atoms with Crippen LogP contribution in [0.4, 0.5) is 0 Å². The molecule has 0 aromatic carbocycles. The van der Waals surface area contributed by atoms with Crippen molar-refractivity contribution in [1.29, 1.82) is 0 Å². The summed E-state index contributed by atoms with van der Waals surface area (Å²) in [4.78, 5) is 2.55. The Morgan fingerprint density at radius 3 is 2.60 bits per heavy atom. The van der Waals surface area contributed by atoms with Gasteiger partial charge in [-0.05, 0) is 31.2 Å². The molecule has 2 unspecified atom stereocenters. The topological polar surface area (TPSA) is 38.5 Å². The Morgan fingerprint density at radius 1 is 1.33 bits per heavy atom. The summed E-state index contributed by atoms with van der Waals surface area (Å²) in [6.45, 7) is 8.96. The van der Waals surface area contributed by atoms with Gasteiger partial charge in [0.2, 0.25) is 0 Å². The van der Waals surface area contributed by atoms with Gasteiger partial charge in [-0.2, -0.15) is 0 Å². The Hall–Kier alpha value is -0.120. The molecule has 2 aliphatic heterocycles. The average Bonchev–Trinajstić information content (AvgIpc) is 2.73. The van der Waals surface area contributed by atoms with Crippen molar-refractivity contribution in [1.82, 2.24) is 4.90 Å². The van der Waals surface area contributed by atoms with E-state index in [4.69, 9.17) is 10.5 Å². The van der Waals surface area contributed by atoms with Crippen LogP contribution >= 0.6 is 0 Å². The quantitative estimate of drug-likeness (QED) is 0.764. The molecule has 15 heavy (non-hydrogen) atoms. The zero-order valence-electron chi connectivity index (χ0n) is 10.0. The Kier molecular flexibility index (Phi) is 3.33. The second-order valence-corrected chi connectivity index (χ2v) is 5.84. The van der Waals surface area contributed by atoms with Crippen molar-refractivity contribution < 1.29 is 4.74 Å². The van der Waals surface area contributed by atoms with Crippen molar-refractivity contribution >= 4 is 0 Å². The molecule has 2 fully saturated rings. The third-order valence-corrected chi connectivity index (χ3v) is 3.68. The fraction of sp³-hybridized carbons (Fsp3) is 1.00. The molecule has 0 spiro atoms. The summed E-state index contributed by atoms with van der Waals surface area (Å²) in [6.07, 6.45) is 4.43. The molecule has 0 aromatic heterocycles. The van der Waals surface area contributed by atoms with Gasteiger partial charge in [0.15, 0.2) is 0 Å². The zero-order chi connectivity index (χ0) is 10.9. The van der Waals surface area contributed by atoms with Crippen LogP contribution in [0.1, 0.15) is 33.1 Å². The molecule has 2 aliphatic rings. The van der Waals surface area contributed by atoms with Crippen molar-refractivity contribution in [2.75, 3.05) is 26.2 Å². The first-order valence-electron chi connectivity index (χ1n) is 6.17. The van der Waals surface area contributed by atoms with Gasteiger partial charge >= 0.3 is 0 Å². The van der Waals surface area contributed by atoms with E-state index in [9.17, 15) is 0 Å². The summed E-state index contributed by atoms with van der Waals surface area (Å²) in [6, 6.07) is 0. The van der Waals surface area contributed by atoms with Gasteiger partial charge in [-0.25, -0.2) is 0 Å². The van der Waals surface area contributed by atoms with Crippen LogP contribution in [0, 0.1) is 5.41 Å². The zero-order valence-corrected chi connectivity index (χ0v) is 10.0. The molecule has 3 nitrogen and oxygen atoms in total. The molecule has 2 N–H and O–H groups in total. The molecule has 0 amide bonds. The van der Waals surface area contributed by atoms with Crippen LogP contribution in [0.15, 0.2) is 0 Å². The Labute approximate surface area is 93.0 Å². The SMILES string of the molecule is CC1(C)CCN(CC2CCC(CN)O2)C1. The first-order chi connectivity index (χ1) is 7.09. The van der Waals surface area contributed by atoms with Gasteiger partial charge in [-0.15, -0.1) is 0 Å². The lowest BCUT2D eigenvalue weighted by atomic mass is 9.93. The number of hydrogen-bond acceptors (Lipinski definition) is 3. The maximum Gasteiger partial charge on any atom is 0.0707 e. The van der Waals surface area contributed by atoms with E-state index in [0.29, 0.717) is 24.2 Å². The minimum Gasteiger partial charge on any atom is -0.372 e. The predicted octanol–water partition coefficient (Wildman–Crippen LogP) is 1.22. The molecule has 88 valence electrons. The summed E-state index contributed by atoms with van der Waals surface area (Å²) in [7, 11) is 0. The van der Waals surface area contributed by atoms with E-state index < -0.39 is 0 Å². The monoisotopic (exact) mass is 212 g/mol. The molecule has 2 atom stereocenters. The minimum atomic E-state index is 0.325. The third-order valence-electron chi connectivity index (χ3n) is 3.68. The molecule has 2 heterocycles. The van der Waals surface area contributed by atoms with Crippen molar-refractivity contribution in [2.45, 2.75) is 45.3 Å². The van der Waals surface area contributed by atoms with Gasteiger partial charge in [0.25, 0.3) is 0 Å². The standard InChI is InChI=1S/C12H24N2O/c1-12(2)5-6-14(9-12)8-11-4-3-10(7-13)15-11/h10-11H,3-9,13H2,1-2H3. The van der Waals surface area contributed by atoms with Gasteiger partial charge in [0, 0.05) is 19.6 Å². The summed E-state index contributed by atoms with van der Waals surface area (Å²) in [5, 5.41) is 0. The van der Waals surface area contributed by atoms with Crippen molar-refractivity contribution in [2.24, 2.45) is 11.1 Å². The largest absolute Gasteiger partial charge is 0.372 e. The number of likely N-dealkylation sites (tertiary alicyclic amines) is 1. The number of rotatable bonds is 3. The van der Waals surface area contributed by atoms with Crippen LogP contribution in [0.2, 0.25) is 0 Å². The van der Waals surface area contributed by atoms with E-state index in [1.54, 1.807) is 0 Å². The fourth-order valence-electron chi connectivity index (χ4n) is 2.76. The van der Waals surface area contributed by atoms with Gasteiger partial charge in [0.05, 0.1) is 12.2 Å². The Balaban J connectivity index is 1.74. The van der Waals surface area contributed by atoms with E-state index in [2.05, 4.69) is 18.7 Å². The van der Waals surface area contributed by atoms with Crippen molar-refractivity contribution in [3.8, 4) is 0 Å². The highest BCUT2D eigenvalue weighted by atomic mass is 16.5. The van der Waals surface area contributed by atoms with E-state index in [1.807, 2.05) is 0 Å². The Morgan fingerprint density at radius 2 is 2.07 bits per heavy atom. The van der Waals surface area contributed by atoms with Gasteiger partial charge in [-0.1, -0.05) is 13.8 Å². The third kappa shape index (κ3) is 2.92. The van der Waals surface area contributed by atoms with E-state index >= 15 is 0 Å². The highest BCUT2D eigenvalue weighted by Crippen LogP contribution is 2.30. The summed E-state index contributed by atoms with van der Waals surface area (Å²) < 4.78 is 5.87. The molecule has 2 saturated heterocycles. The first-order valence-corrected chi connectivity index (χ1v) is 6.17. The number of nitrogens with two attached hydrogens (primary N) is 1. The normalized spacial score (nSPS) is 36.2. The first kappa shape index (κ1) is 11.4. The molecule has 0 saturated carbocycles. The molecule has 0 bridgehead atoms. The maximum absolute atomic E-state index is 5.87. The molecule has 2 rings (SSSR count). The van der Waals surface area contributed by atoms with Gasteiger partial charge in [-0.3, -0.25) is 0 Å². The number of ether oxygens (including phenoxy) is 1. The number of hydrogen-bond donors (Lipinski definition) is 1. The summed E-state index contributed by atoms with van der Waals surface area (Å²) in [5.41, 5.74) is 6.11. The van der Waals surface area contributed by atoms with Crippen molar-refractivity contribution in [3.63, 3.8) is 0 Å². The smallest absolute Gasteiger partial charge is 0.0707 e. The molecule has 0 aromatic rings. The van der Waals surface area contributed by atoms with Crippen LogP contribution in [-0.2, 0) is 4.74 Å². The van der Waals surface area contributed by atoms with Crippen LogP contribution in [0.25, 0.3) is 0 Å².